The maximum atomic E-state index is 11.8. The Labute approximate surface area is 162 Å². The molecule has 0 saturated carbocycles. The van der Waals surface area contributed by atoms with Crippen LogP contribution in [0.2, 0.25) is 0 Å². The molecule has 0 spiro atoms. The van der Waals surface area contributed by atoms with Gasteiger partial charge in [-0.15, -0.1) is 0 Å². The summed E-state index contributed by atoms with van der Waals surface area (Å²) in [4.78, 5) is 11.8. The topological polar surface area (TPSA) is 42.2 Å². The van der Waals surface area contributed by atoms with Crippen molar-refractivity contribution in [3.05, 3.63) is 22.6 Å². The largest absolute Gasteiger partial charge is 0.444 e. The quantitative estimate of drug-likeness (QED) is 0.289. The van der Waals surface area contributed by atoms with Gasteiger partial charge in [-0.1, -0.05) is 90.4 Å². The molecule has 1 heterocycles. The van der Waals surface area contributed by atoms with Crippen LogP contribution in [0.3, 0.4) is 0 Å². The lowest BCUT2D eigenvalue weighted by atomic mass is 10.0. The Morgan fingerprint density at radius 3 is 1.76 bits per heavy atom. The molecule has 0 unspecified atom stereocenters. The first-order chi connectivity index (χ1) is 12.2. The number of unbranched alkanes of at least 4 members (excludes halogenated alkanes) is 13. The number of rotatable bonds is 16. The molecule has 0 aliphatic heterocycles. The van der Waals surface area contributed by atoms with Crippen molar-refractivity contribution in [2.45, 2.75) is 96.8 Å². The summed E-state index contributed by atoms with van der Waals surface area (Å²) >= 11 is 3.20. The lowest BCUT2D eigenvalue weighted by molar-refractivity contribution is 0.0924. The molecule has 1 rings (SSSR count). The van der Waals surface area contributed by atoms with Gasteiger partial charge in [0.2, 0.25) is 0 Å². The Morgan fingerprint density at radius 1 is 0.840 bits per heavy atom. The van der Waals surface area contributed by atoms with E-state index in [4.69, 9.17) is 4.42 Å². The van der Waals surface area contributed by atoms with E-state index in [0.717, 1.165) is 13.0 Å². The van der Waals surface area contributed by atoms with E-state index in [1.807, 2.05) is 0 Å². The molecule has 0 bridgehead atoms. The second kappa shape index (κ2) is 15.5. The first-order valence-electron chi connectivity index (χ1n) is 10.3. The monoisotopic (exact) mass is 413 g/mol. The summed E-state index contributed by atoms with van der Waals surface area (Å²) < 4.78 is 5.82. The molecule has 1 aromatic heterocycles. The minimum atomic E-state index is -0.125. The van der Waals surface area contributed by atoms with Gasteiger partial charge in [-0.3, -0.25) is 4.79 Å². The lowest BCUT2D eigenvalue weighted by Crippen LogP contribution is -2.23. The predicted molar refractivity (Wildman–Crippen MR) is 109 cm³/mol. The Balaban J connectivity index is 1.78. The van der Waals surface area contributed by atoms with Crippen LogP contribution in [0.1, 0.15) is 107 Å². The van der Waals surface area contributed by atoms with Gasteiger partial charge in [0.25, 0.3) is 5.91 Å². The predicted octanol–water partition coefficient (Wildman–Crippen LogP) is 7.25. The highest BCUT2D eigenvalue weighted by molar-refractivity contribution is 9.10. The van der Waals surface area contributed by atoms with Crippen LogP contribution in [0.15, 0.2) is 21.2 Å². The highest BCUT2D eigenvalue weighted by Gasteiger charge is 2.08. The Hall–Kier alpha value is -0.770. The summed E-state index contributed by atoms with van der Waals surface area (Å²) in [5, 5.41) is 2.90. The van der Waals surface area contributed by atoms with Gasteiger partial charge in [-0.25, -0.2) is 0 Å². The van der Waals surface area contributed by atoms with Crippen LogP contribution in [-0.2, 0) is 0 Å². The molecule has 0 atom stereocenters. The van der Waals surface area contributed by atoms with Crippen LogP contribution in [0, 0.1) is 0 Å². The summed E-state index contributed by atoms with van der Waals surface area (Å²) in [5.41, 5.74) is 0. The minimum absolute atomic E-state index is 0.125. The molecule has 0 aliphatic carbocycles. The number of hydrogen-bond acceptors (Lipinski definition) is 2. The van der Waals surface area contributed by atoms with Gasteiger partial charge < -0.3 is 9.73 Å². The van der Waals surface area contributed by atoms with E-state index in [9.17, 15) is 4.79 Å². The van der Waals surface area contributed by atoms with E-state index < -0.39 is 0 Å². The van der Waals surface area contributed by atoms with Gasteiger partial charge in [0.1, 0.15) is 0 Å². The first kappa shape index (κ1) is 22.3. The zero-order valence-corrected chi connectivity index (χ0v) is 17.5. The molecule has 0 aromatic carbocycles. The third kappa shape index (κ3) is 12.3. The Morgan fingerprint density at radius 2 is 1.32 bits per heavy atom. The fourth-order valence-electron chi connectivity index (χ4n) is 3.04. The average molecular weight is 414 g/mol. The normalized spacial score (nSPS) is 11.0. The molecular weight excluding hydrogens is 378 g/mol. The minimum Gasteiger partial charge on any atom is -0.444 e. The van der Waals surface area contributed by atoms with E-state index in [1.165, 1.54) is 83.5 Å². The molecule has 1 N–H and O–H groups in total. The first-order valence-corrected chi connectivity index (χ1v) is 11.1. The molecule has 0 fully saturated rings. The zero-order valence-electron chi connectivity index (χ0n) is 16.0. The third-order valence-electron chi connectivity index (χ3n) is 4.61. The van der Waals surface area contributed by atoms with Crippen molar-refractivity contribution in [2.24, 2.45) is 0 Å². The van der Waals surface area contributed by atoms with Crippen molar-refractivity contribution >= 4 is 21.8 Å². The number of halogens is 1. The third-order valence-corrected chi connectivity index (χ3v) is 5.04. The summed E-state index contributed by atoms with van der Waals surface area (Å²) in [6, 6.07) is 3.42. The van der Waals surface area contributed by atoms with Crippen LogP contribution in [-0.4, -0.2) is 12.5 Å². The van der Waals surface area contributed by atoms with Gasteiger partial charge in [-0.2, -0.15) is 0 Å². The fourth-order valence-corrected chi connectivity index (χ4v) is 3.35. The van der Waals surface area contributed by atoms with Gasteiger partial charge in [0.05, 0.1) is 0 Å². The van der Waals surface area contributed by atoms with Crippen LogP contribution in [0.5, 0.6) is 0 Å². The van der Waals surface area contributed by atoms with Crippen LogP contribution in [0.4, 0.5) is 0 Å². The van der Waals surface area contributed by atoms with Gasteiger partial charge in [0, 0.05) is 6.54 Å². The van der Waals surface area contributed by atoms with Crippen molar-refractivity contribution in [2.75, 3.05) is 6.54 Å². The zero-order chi connectivity index (χ0) is 18.2. The van der Waals surface area contributed by atoms with Crippen molar-refractivity contribution in [1.82, 2.24) is 5.32 Å². The molecule has 0 radical (unpaired) electrons. The van der Waals surface area contributed by atoms with Gasteiger partial charge >= 0.3 is 0 Å². The number of carbonyl (C=O) groups is 1. The summed E-state index contributed by atoms with van der Waals surface area (Å²) in [5.74, 6) is 0.248. The molecule has 1 aromatic rings. The number of amides is 1. The van der Waals surface area contributed by atoms with Crippen LogP contribution in [0.25, 0.3) is 0 Å². The molecular formula is C21H36BrNO2. The molecule has 1 amide bonds. The fraction of sp³-hybridized carbons (Fsp3) is 0.762. The van der Waals surface area contributed by atoms with Crippen LogP contribution < -0.4 is 5.32 Å². The number of furan rings is 1. The smallest absolute Gasteiger partial charge is 0.287 e. The van der Waals surface area contributed by atoms with E-state index in [-0.39, 0.29) is 5.91 Å². The maximum absolute atomic E-state index is 11.8. The van der Waals surface area contributed by atoms with E-state index in [0.29, 0.717) is 10.4 Å². The highest BCUT2D eigenvalue weighted by atomic mass is 79.9. The number of nitrogens with one attached hydrogen (secondary N) is 1. The lowest BCUT2D eigenvalue weighted by Gasteiger charge is -2.04. The SMILES string of the molecule is CCCCCCCCCCCCCCCCNC(=O)c1ccc(Br)o1. The Bertz CT molecular complexity index is 445. The molecule has 0 saturated heterocycles. The Kier molecular flexibility index (Phi) is 13.8. The van der Waals surface area contributed by atoms with Crippen molar-refractivity contribution < 1.29 is 9.21 Å². The second-order valence-corrected chi connectivity index (χ2v) is 7.74. The molecule has 0 aliphatic rings. The van der Waals surface area contributed by atoms with E-state index in [1.54, 1.807) is 12.1 Å². The standard InChI is InChI=1S/C21H36BrNO2/c1-2-3-4-5-6-7-8-9-10-11-12-13-14-15-18-23-21(24)19-16-17-20(22)25-19/h16-17H,2-15,18H2,1H3,(H,23,24). The summed E-state index contributed by atoms with van der Waals surface area (Å²) in [6.45, 7) is 3.01. The molecule has 144 valence electrons. The van der Waals surface area contributed by atoms with E-state index >= 15 is 0 Å². The molecule has 25 heavy (non-hydrogen) atoms. The average Bonchev–Trinajstić information content (AvgIpc) is 3.04. The maximum Gasteiger partial charge on any atom is 0.287 e. The number of hydrogen-bond donors (Lipinski definition) is 1. The summed E-state index contributed by atoms with van der Waals surface area (Å²) in [6.07, 6.45) is 18.9. The van der Waals surface area contributed by atoms with E-state index in [2.05, 4.69) is 28.2 Å². The van der Waals surface area contributed by atoms with Crippen LogP contribution >= 0.6 is 15.9 Å². The molecule has 4 heteroatoms. The highest BCUT2D eigenvalue weighted by Crippen LogP contribution is 2.14. The van der Waals surface area contributed by atoms with Crippen molar-refractivity contribution in [1.29, 1.82) is 0 Å². The van der Waals surface area contributed by atoms with Gasteiger partial charge in [-0.05, 0) is 34.5 Å². The van der Waals surface area contributed by atoms with Crippen molar-refractivity contribution in [3.8, 4) is 0 Å². The molecule has 3 nitrogen and oxygen atoms in total. The summed E-state index contributed by atoms with van der Waals surface area (Å²) in [7, 11) is 0. The van der Waals surface area contributed by atoms with Crippen molar-refractivity contribution in [3.63, 3.8) is 0 Å². The second-order valence-electron chi connectivity index (χ2n) is 6.96. The number of carbonyl (C=O) groups excluding carboxylic acids is 1. The van der Waals surface area contributed by atoms with Gasteiger partial charge in [0.15, 0.2) is 10.4 Å².